The van der Waals surface area contributed by atoms with Crippen LogP contribution in [0.2, 0.25) is 5.02 Å². The van der Waals surface area contributed by atoms with Crippen molar-refractivity contribution in [2.75, 3.05) is 13.7 Å². The zero-order valence-corrected chi connectivity index (χ0v) is 12.5. The fourth-order valence-electron chi connectivity index (χ4n) is 1.53. The van der Waals surface area contributed by atoms with Crippen molar-refractivity contribution in [3.63, 3.8) is 0 Å². The first-order chi connectivity index (χ1) is 8.37. The molecule has 0 bridgehead atoms. The molecule has 1 aromatic rings. The molecule has 0 aliphatic rings. The van der Waals surface area contributed by atoms with Gasteiger partial charge in [-0.3, -0.25) is 0 Å². The number of halogens is 1. The first-order valence-electron chi connectivity index (χ1n) is 6.11. The van der Waals surface area contributed by atoms with E-state index in [0.29, 0.717) is 23.1 Å². The van der Waals surface area contributed by atoms with Gasteiger partial charge in [0, 0.05) is 12.1 Å². The molecule has 0 heterocycles. The summed E-state index contributed by atoms with van der Waals surface area (Å²) in [6.07, 6.45) is 0. The molecule has 0 fully saturated rings. The summed E-state index contributed by atoms with van der Waals surface area (Å²) in [6.45, 7) is 9.60. The lowest BCUT2D eigenvalue weighted by Gasteiger charge is -2.21. The molecule has 4 heteroatoms. The second kappa shape index (κ2) is 6.30. The lowest BCUT2D eigenvalue weighted by molar-refractivity contribution is 0.310. The Balaban J connectivity index is 2.92. The highest BCUT2D eigenvalue weighted by Gasteiger charge is 2.13. The van der Waals surface area contributed by atoms with Gasteiger partial charge in [0.2, 0.25) is 0 Å². The Morgan fingerprint density at radius 2 is 1.94 bits per heavy atom. The fourth-order valence-corrected chi connectivity index (χ4v) is 1.81. The molecule has 0 atom stereocenters. The summed E-state index contributed by atoms with van der Waals surface area (Å²) in [7, 11) is 1.62. The number of methoxy groups -OCH3 is 1. The van der Waals surface area contributed by atoms with Gasteiger partial charge in [0.1, 0.15) is 0 Å². The van der Waals surface area contributed by atoms with Crippen molar-refractivity contribution in [3.05, 3.63) is 22.7 Å². The Morgan fingerprint density at radius 1 is 1.28 bits per heavy atom. The Labute approximate surface area is 114 Å². The minimum absolute atomic E-state index is 0.0678. The number of rotatable bonds is 5. The molecule has 1 aromatic carbocycles. The molecular weight excluding hydrogens is 250 g/mol. The van der Waals surface area contributed by atoms with Crippen molar-refractivity contribution in [2.45, 2.75) is 39.8 Å². The topological polar surface area (TPSA) is 30.5 Å². The zero-order valence-electron chi connectivity index (χ0n) is 11.8. The van der Waals surface area contributed by atoms with Crippen LogP contribution >= 0.6 is 11.6 Å². The Hall–Kier alpha value is -0.930. The van der Waals surface area contributed by atoms with Gasteiger partial charge in [0.05, 0.1) is 18.7 Å². The second-order valence-corrected chi connectivity index (χ2v) is 5.55. The third kappa shape index (κ3) is 4.39. The predicted molar refractivity (Wildman–Crippen MR) is 75.8 cm³/mol. The van der Waals surface area contributed by atoms with Crippen molar-refractivity contribution in [1.29, 1.82) is 0 Å². The fraction of sp³-hybridized carbons (Fsp3) is 0.571. The van der Waals surface area contributed by atoms with E-state index in [-0.39, 0.29) is 5.54 Å². The lowest BCUT2D eigenvalue weighted by Crippen LogP contribution is -2.35. The van der Waals surface area contributed by atoms with E-state index in [0.717, 1.165) is 12.1 Å². The average Bonchev–Trinajstić information content (AvgIpc) is 2.28. The summed E-state index contributed by atoms with van der Waals surface area (Å²) in [4.78, 5) is 0. The molecule has 0 amide bonds. The number of nitrogens with one attached hydrogen (secondary N) is 1. The first kappa shape index (κ1) is 15.1. The van der Waals surface area contributed by atoms with Crippen molar-refractivity contribution in [2.24, 2.45) is 0 Å². The van der Waals surface area contributed by atoms with Crippen LogP contribution in [0.3, 0.4) is 0 Å². The van der Waals surface area contributed by atoms with E-state index < -0.39 is 0 Å². The van der Waals surface area contributed by atoms with Gasteiger partial charge in [-0.25, -0.2) is 0 Å². The highest BCUT2D eigenvalue weighted by atomic mass is 35.5. The SMILES string of the molecule is CCOc1c(Cl)cc(CNC(C)(C)C)cc1OC. The summed E-state index contributed by atoms with van der Waals surface area (Å²) in [5.74, 6) is 1.29. The summed E-state index contributed by atoms with van der Waals surface area (Å²) in [5, 5.41) is 4.00. The maximum Gasteiger partial charge on any atom is 0.179 e. The smallest absolute Gasteiger partial charge is 0.179 e. The molecule has 1 N–H and O–H groups in total. The van der Waals surface area contributed by atoms with E-state index in [4.69, 9.17) is 21.1 Å². The van der Waals surface area contributed by atoms with Crippen LogP contribution in [0.1, 0.15) is 33.3 Å². The second-order valence-electron chi connectivity index (χ2n) is 5.15. The van der Waals surface area contributed by atoms with E-state index in [1.807, 2.05) is 19.1 Å². The van der Waals surface area contributed by atoms with Gasteiger partial charge in [-0.1, -0.05) is 11.6 Å². The summed E-state index contributed by atoms with van der Waals surface area (Å²) < 4.78 is 10.8. The van der Waals surface area contributed by atoms with Crippen LogP contribution in [-0.4, -0.2) is 19.3 Å². The van der Waals surface area contributed by atoms with Crippen LogP contribution in [0, 0.1) is 0 Å². The molecule has 0 radical (unpaired) electrons. The molecule has 102 valence electrons. The molecule has 18 heavy (non-hydrogen) atoms. The average molecular weight is 272 g/mol. The van der Waals surface area contributed by atoms with E-state index in [1.165, 1.54) is 0 Å². The van der Waals surface area contributed by atoms with Gasteiger partial charge in [-0.15, -0.1) is 0 Å². The van der Waals surface area contributed by atoms with Gasteiger partial charge >= 0.3 is 0 Å². The Morgan fingerprint density at radius 3 is 2.44 bits per heavy atom. The number of hydrogen-bond acceptors (Lipinski definition) is 3. The predicted octanol–water partition coefficient (Wildman–Crippen LogP) is 3.64. The van der Waals surface area contributed by atoms with Crippen LogP contribution in [0.25, 0.3) is 0 Å². The molecule has 0 unspecified atom stereocenters. The number of ether oxygens (including phenoxy) is 2. The van der Waals surface area contributed by atoms with Crippen molar-refractivity contribution in [3.8, 4) is 11.5 Å². The minimum atomic E-state index is 0.0678. The Kier molecular flexibility index (Phi) is 5.29. The monoisotopic (exact) mass is 271 g/mol. The number of hydrogen-bond donors (Lipinski definition) is 1. The normalized spacial score (nSPS) is 11.4. The third-order valence-electron chi connectivity index (χ3n) is 2.40. The molecule has 0 aromatic heterocycles. The van der Waals surface area contributed by atoms with Gasteiger partial charge in [-0.2, -0.15) is 0 Å². The Bertz CT molecular complexity index is 400. The van der Waals surface area contributed by atoms with Gasteiger partial charge < -0.3 is 14.8 Å². The van der Waals surface area contributed by atoms with Crippen molar-refractivity contribution in [1.82, 2.24) is 5.32 Å². The van der Waals surface area contributed by atoms with E-state index in [9.17, 15) is 0 Å². The third-order valence-corrected chi connectivity index (χ3v) is 2.68. The molecule has 0 aliphatic carbocycles. The highest BCUT2D eigenvalue weighted by molar-refractivity contribution is 6.32. The number of benzene rings is 1. The summed E-state index contributed by atoms with van der Waals surface area (Å²) in [5.41, 5.74) is 1.15. The molecule has 0 spiro atoms. The maximum atomic E-state index is 6.21. The molecular formula is C14H22ClNO2. The molecule has 3 nitrogen and oxygen atoms in total. The van der Waals surface area contributed by atoms with E-state index in [1.54, 1.807) is 7.11 Å². The van der Waals surface area contributed by atoms with Crippen molar-refractivity contribution >= 4 is 11.6 Å². The summed E-state index contributed by atoms with van der Waals surface area (Å²) in [6, 6.07) is 3.86. The van der Waals surface area contributed by atoms with E-state index >= 15 is 0 Å². The molecule has 0 aliphatic heterocycles. The largest absolute Gasteiger partial charge is 0.493 e. The standard InChI is InChI=1S/C14H22ClNO2/c1-6-18-13-11(15)7-10(8-12(13)17-5)9-16-14(2,3)4/h7-8,16H,6,9H2,1-5H3. The van der Waals surface area contributed by atoms with Crippen molar-refractivity contribution < 1.29 is 9.47 Å². The minimum Gasteiger partial charge on any atom is -0.493 e. The van der Waals surface area contributed by atoms with Crippen LogP contribution in [0.15, 0.2) is 12.1 Å². The highest BCUT2D eigenvalue weighted by Crippen LogP contribution is 2.36. The maximum absolute atomic E-state index is 6.21. The molecule has 0 saturated carbocycles. The molecule has 0 saturated heterocycles. The van der Waals surface area contributed by atoms with E-state index in [2.05, 4.69) is 26.1 Å². The van der Waals surface area contributed by atoms with Gasteiger partial charge in [0.25, 0.3) is 0 Å². The zero-order chi connectivity index (χ0) is 13.8. The van der Waals surface area contributed by atoms with Crippen LogP contribution in [-0.2, 0) is 6.54 Å². The van der Waals surface area contributed by atoms with Crippen LogP contribution in [0.5, 0.6) is 11.5 Å². The van der Waals surface area contributed by atoms with Gasteiger partial charge in [-0.05, 0) is 45.4 Å². The van der Waals surface area contributed by atoms with Crippen LogP contribution < -0.4 is 14.8 Å². The summed E-state index contributed by atoms with van der Waals surface area (Å²) >= 11 is 6.21. The first-order valence-corrected chi connectivity index (χ1v) is 6.49. The van der Waals surface area contributed by atoms with Crippen LogP contribution in [0.4, 0.5) is 0 Å². The van der Waals surface area contributed by atoms with Gasteiger partial charge in [0.15, 0.2) is 11.5 Å². The quantitative estimate of drug-likeness (QED) is 0.887. The lowest BCUT2D eigenvalue weighted by atomic mass is 10.1. The molecule has 1 rings (SSSR count).